The maximum atomic E-state index is 13.5. The van der Waals surface area contributed by atoms with Gasteiger partial charge in [0, 0.05) is 12.0 Å². The first-order chi connectivity index (χ1) is 12.4. The van der Waals surface area contributed by atoms with E-state index in [4.69, 9.17) is 0 Å². The number of rotatable bonds is 8. The number of hydrogen-bond donors (Lipinski definition) is 2. The number of carbonyl (C=O) groups excluding carboxylic acids is 2. The van der Waals surface area contributed by atoms with Gasteiger partial charge in [0.05, 0.1) is 11.4 Å². The summed E-state index contributed by atoms with van der Waals surface area (Å²) >= 11 is 2.27. The van der Waals surface area contributed by atoms with Gasteiger partial charge in [-0.3, -0.25) is 9.59 Å². The van der Waals surface area contributed by atoms with E-state index in [2.05, 4.69) is 20.8 Å². The summed E-state index contributed by atoms with van der Waals surface area (Å²) in [4.78, 5) is 23.9. The van der Waals surface area contributed by atoms with Crippen LogP contribution in [-0.2, 0) is 9.59 Å². The Balaban J connectivity index is 1.85. The average Bonchev–Trinajstić information content (AvgIpc) is 3.04. The van der Waals surface area contributed by atoms with Gasteiger partial charge in [0.15, 0.2) is 4.34 Å². The Kier molecular flexibility index (Phi) is 7.46. The summed E-state index contributed by atoms with van der Waals surface area (Å²) in [7, 11) is 0. The zero-order chi connectivity index (χ0) is 19.1. The Morgan fingerprint density at radius 2 is 1.92 bits per heavy atom. The van der Waals surface area contributed by atoms with Gasteiger partial charge in [-0.1, -0.05) is 36.9 Å². The van der Waals surface area contributed by atoms with Gasteiger partial charge in [-0.25, -0.2) is 8.78 Å². The first kappa shape index (κ1) is 20.2. The van der Waals surface area contributed by atoms with Crippen LogP contribution < -0.4 is 10.6 Å². The lowest BCUT2D eigenvalue weighted by atomic mass is 10.0. The molecule has 0 bridgehead atoms. The minimum atomic E-state index is -0.842. The van der Waals surface area contributed by atoms with Crippen molar-refractivity contribution in [3.8, 4) is 0 Å². The largest absolute Gasteiger partial charge is 0.323 e. The Labute approximate surface area is 157 Å². The highest BCUT2D eigenvalue weighted by Crippen LogP contribution is 2.26. The van der Waals surface area contributed by atoms with E-state index in [1.165, 1.54) is 0 Å². The van der Waals surface area contributed by atoms with Crippen molar-refractivity contribution in [3.63, 3.8) is 0 Å². The summed E-state index contributed by atoms with van der Waals surface area (Å²) in [5.74, 6) is -2.22. The third-order valence-electron chi connectivity index (χ3n) is 3.52. The summed E-state index contributed by atoms with van der Waals surface area (Å²) in [6, 6.07) is 2.91. The van der Waals surface area contributed by atoms with E-state index in [9.17, 15) is 18.4 Å². The molecule has 2 rings (SSSR count). The first-order valence-electron chi connectivity index (χ1n) is 7.95. The van der Waals surface area contributed by atoms with E-state index in [0.29, 0.717) is 15.5 Å². The third-order valence-corrected chi connectivity index (χ3v) is 5.50. The van der Waals surface area contributed by atoms with E-state index in [0.717, 1.165) is 48.1 Å². The van der Waals surface area contributed by atoms with Gasteiger partial charge in [0.2, 0.25) is 16.9 Å². The molecule has 0 saturated heterocycles. The Morgan fingerprint density at radius 3 is 2.58 bits per heavy atom. The molecule has 10 heteroatoms. The van der Waals surface area contributed by atoms with Crippen LogP contribution in [0.1, 0.15) is 26.7 Å². The second-order valence-electron chi connectivity index (χ2n) is 5.34. The summed E-state index contributed by atoms with van der Waals surface area (Å²) in [5.41, 5.74) is -0.0904. The number of hydrogen-bond acceptors (Lipinski definition) is 6. The summed E-state index contributed by atoms with van der Waals surface area (Å²) in [6.07, 6.45) is 1.48. The molecule has 0 fully saturated rings. The summed E-state index contributed by atoms with van der Waals surface area (Å²) < 4.78 is 26.8. The fourth-order valence-electron chi connectivity index (χ4n) is 2.09. The summed E-state index contributed by atoms with van der Waals surface area (Å²) in [5, 5.41) is 13.2. The van der Waals surface area contributed by atoms with Crippen molar-refractivity contribution >= 4 is 45.7 Å². The van der Waals surface area contributed by atoms with Crippen LogP contribution in [0.4, 0.5) is 19.6 Å². The number of carbonyl (C=O) groups is 2. The number of nitrogens with one attached hydrogen (secondary N) is 2. The maximum absolute atomic E-state index is 13.5. The average molecular weight is 400 g/mol. The van der Waals surface area contributed by atoms with Crippen molar-refractivity contribution in [2.45, 2.75) is 31.0 Å². The molecule has 1 aromatic heterocycles. The lowest BCUT2D eigenvalue weighted by molar-refractivity contribution is -0.120. The summed E-state index contributed by atoms with van der Waals surface area (Å²) in [6.45, 7) is 3.88. The Morgan fingerprint density at radius 1 is 1.19 bits per heavy atom. The number of benzene rings is 1. The van der Waals surface area contributed by atoms with Crippen molar-refractivity contribution in [2.75, 3.05) is 16.4 Å². The smallest absolute Gasteiger partial charge is 0.234 e. The van der Waals surface area contributed by atoms with Crippen LogP contribution in [0.2, 0.25) is 0 Å². The highest BCUT2D eigenvalue weighted by Gasteiger charge is 2.17. The molecule has 0 unspecified atom stereocenters. The van der Waals surface area contributed by atoms with Crippen molar-refractivity contribution in [2.24, 2.45) is 5.92 Å². The van der Waals surface area contributed by atoms with Gasteiger partial charge in [-0.15, -0.1) is 10.2 Å². The first-order valence-corrected chi connectivity index (χ1v) is 9.75. The fourth-order valence-corrected chi connectivity index (χ4v) is 3.64. The molecule has 2 aromatic rings. The molecule has 0 aliphatic carbocycles. The Bertz CT molecular complexity index is 781. The standard InChI is InChI=1S/C16H18F2N4O2S2/c1-3-9(4-2)14(24)20-15-21-22-16(26-15)25-8-13(23)19-12-6-5-10(17)7-11(12)18/h5-7,9H,3-4,8H2,1-2H3,(H,19,23)(H,20,21,24). The van der Waals surface area contributed by atoms with E-state index >= 15 is 0 Å². The molecule has 0 saturated carbocycles. The highest BCUT2D eigenvalue weighted by molar-refractivity contribution is 8.01. The molecule has 6 nitrogen and oxygen atoms in total. The van der Waals surface area contributed by atoms with Crippen molar-refractivity contribution in [1.29, 1.82) is 0 Å². The lowest BCUT2D eigenvalue weighted by Gasteiger charge is -2.09. The Hall–Kier alpha value is -2.07. The van der Waals surface area contributed by atoms with Gasteiger partial charge in [0.1, 0.15) is 11.6 Å². The third kappa shape index (κ3) is 5.73. The molecule has 26 heavy (non-hydrogen) atoms. The predicted molar refractivity (Wildman–Crippen MR) is 98.3 cm³/mol. The molecule has 0 aliphatic rings. The van der Waals surface area contributed by atoms with E-state index in [-0.39, 0.29) is 23.3 Å². The molecular weight excluding hydrogens is 382 g/mol. The van der Waals surface area contributed by atoms with Gasteiger partial charge in [-0.2, -0.15) is 0 Å². The molecule has 0 atom stereocenters. The lowest BCUT2D eigenvalue weighted by Crippen LogP contribution is -2.21. The van der Waals surface area contributed by atoms with Crippen molar-refractivity contribution < 1.29 is 18.4 Å². The van der Waals surface area contributed by atoms with E-state index in [1.54, 1.807) is 0 Å². The van der Waals surface area contributed by atoms with Gasteiger partial charge in [0.25, 0.3) is 0 Å². The fraction of sp³-hybridized carbons (Fsp3) is 0.375. The van der Waals surface area contributed by atoms with Gasteiger partial charge >= 0.3 is 0 Å². The number of anilines is 2. The monoisotopic (exact) mass is 400 g/mol. The van der Waals surface area contributed by atoms with Gasteiger partial charge in [-0.05, 0) is 25.0 Å². The zero-order valence-corrected chi connectivity index (χ0v) is 15.8. The SMILES string of the molecule is CCC(CC)C(=O)Nc1nnc(SCC(=O)Nc2ccc(F)cc2F)s1. The molecule has 1 heterocycles. The molecule has 2 amide bonds. The van der Waals surface area contributed by atoms with Crippen LogP contribution in [-0.4, -0.2) is 27.8 Å². The van der Waals surface area contributed by atoms with E-state index in [1.807, 2.05) is 13.8 Å². The molecule has 0 spiro atoms. The zero-order valence-electron chi connectivity index (χ0n) is 14.2. The highest BCUT2D eigenvalue weighted by atomic mass is 32.2. The normalized spacial score (nSPS) is 10.8. The second kappa shape index (κ2) is 9.58. The molecule has 1 aromatic carbocycles. The minimum absolute atomic E-state index is 0.0219. The maximum Gasteiger partial charge on any atom is 0.234 e. The topological polar surface area (TPSA) is 84.0 Å². The number of thioether (sulfide) groups is 1. The van der Waals surface area contributed by atoms with E-state index < -0.39 is 17.5 Å². The molecule has 0 aliphatic heterocycles. The van der Waals surface area contributed by atoms with Crippen molar-refractivity contribution in [3.05, 3.63) is 29.8 Å². The molecule has 2 N–H and O–H groups in total. The van der Waals surface area contributed by atoms with Crippen molar-refractivity contribution in [1.82, 2.24) is 10.2 Å². The molecule has 0 radical (unpaired) electrons. The molecule has 140 valence electrons. The second-order valence-corrected chi connectivity index (χ2v) is 7.54. The van der Waals surface area contributed by atoms with Crippen LogP contribution in [0.15, 0.2) is 22.5 Å². The number of aromatic nitrogens is 2. The quantitative estimate of drug-likeness (QED) is 0.518. The van der Waals surface area contributed by atoms with Crippen LogP contribution in [0.5, 0.6) is 0 Å². The van der Waals surface area contributed by atoms with Crippen LogP contribution in [0.25, 0.3) is 0 Å². The van der Waals surface area contributed by atoms with Crippen LogP contribution >= 0.6 is 23.1 Å². The number of nitrogens with zero attached hydrogens (tertiary/aromatic N) is 2. The minimum Gasteiger partial charge on any atom is -0.323 e. The van der Waals surface area contributed by atoms with Crippen LogP contribution in [0.3, 0.4) is 0 Å². The van der Waals surface area contributed by atoms with Crippen LogP contribution in [0, 0.1) is 17.6 Å². The molecular formula is C16H18F2N4O2S2. The predicted octanol–water partition coefficient (Wildman–Crippen LogP) is 3.92. The van der Waals surface area contributed by atoms with Gasteiger partial charge < -0.3 is 10.6 Å². The number of amides is 2. The number of halogens is 2.